The molecule has 0 amide bonds. The van der Waals surface area contributed by atoms with E-state index < -0.39 is 17.6 Å². The van der Waals surface area contributed by atoms with Gasteiger partial charge in [0.05, 0.1) is 5.69 Å². The van der Waals surface area contributed by atoms with E-state index in [1.165, 1.54) is 16.8 Å². The predicted molar refractivity (Wildman–Crippen MR) is 60.0 cm³/mol. The lowest BCUT2D eigenvalue weighted by Gasteiger charge is -1.99. The van der Waals surface area contributed by atoms with Crippen LogP contribution in [0.2, 0.25) is 0 Å². The van der Waals surface area contributed by atoms with Gasteiger partial charge >= 0.3 is 5.97 Å². The quantitative estimate of drug-likeness (QED) is 0.911. The van der Waals surface area contributed by atoms with Crippen LogP contribution in [0.4, 0.5) is 8.78 Å². The van der Waals surface area contributed by atoms with Gasteiger partial charge in [-0.05, 0) is 19.1 Å². The van der Waals surface area contributed by atoms with Gasteiger partial charge in [0, 0.05) is 17.8 Å². The summed E-state index contributed by atoms with van der Waals surface area (Å²) in [4.78, 5) is 14.7. The van der Waals surface area contributed by atoms with Gasteiger partial charge in [0.25, 0.3) is 0 Å². The molecule has 0 radical (unpaired) electrons. The molecule has 1 heterocycles. The van der Waals surface area contributed by atoms with E-state index >= 15 is 0 Å². The molecule has 0 aliphatic rings. The molecule has 0 unspecified atom stereocenters. The third kappa shape index (κ3) is 2.37. The highest BCUT2D eigenvalue weighted by molar-refractivity contribution is 5.67. The van der Waals surface area contributed by atoms with Crippen molar-refractivity contribution < 1.29 is 18.7 Å². The second kappa shape index (κ2) is 4.56. The summed E-state index contributed by atoms with van der Waals surface area (Å²) in [5.74, 6) is -1.95. The molecule has 0 saturated heterocycles. The second-order valence-corrected chi connectivity index (χ2v) is 3.82. The summed E-state index contributed by atoms with van der Waals surface area (Å²) < 4.78 is 27.7. The highest BCUT2D eigenvalue weighted by Gasteiger charge is 2.12. The largest absolute Gasteiger partial charge is 0.480 e. The molecule has 94 valence electrons. The van der Waals surface area contributed by atoms with E-state index in [0.29, 0.717) is 5.82 Å². The second-order valence-electron chi connectivity index (χ2n) is 3.82. The van der Waals surface area contributed by atoms with Gasteiger partial charge in [-0.1, -0.05) is 0 Å². The molecule has 0 atom stereocenters. The van der Waals surface area contributed by atoms with Crippen molar-refractivity contribution in [3.8, 4) is 11.3 Å². The highest BCUT2D eigenvalue weighted by atomic mass is 19.1. The van der Waals surface area contributed by atoms with Crippen LogP contribution in [0.3, 0.4) is 0 Å². The van der Waals surface area contributed by atoms with E-state index in [1.54, 1.807) is 6.92 Å². The molecule has 2 rings (SSSR count). The van der Waals surface area contributed by atoms with Crippen molar-refractivity contribution in [3.05, 3.63) is 41.9 Å². The summed E-state index contributed by atoms with van der Waals surface area (Å²) in [5.41, 5.74) is 0.426. The Morgan fingerprint density at radius 2 is 2.17 bits per heavy atom. The Morgan fingerprint density at radius 3 is 2.78 bits per heavy atom. The van der Waals surface area contributed by atoms with Gasteiger partial charge in [-0.15, -0.1) is 0 Å². The zero-order valence-electron chi connectivity index (χ0n) is 9.52. The first-order valence-electron chi connectivity index (χ1n) is 5.18. The van der Waals surface area contributed by atoms with Crippen LogP contribution < -0.4 is 0 Å². The number of hydrogen-bond donors (Lipinski definition) is 1. The van der Waals surface area contributed by atoms with Crippen molar-refractivity contribution in [1.82, 2.24) is 9.55 Å². The molecule has 0 spiro atoms. The Hall–Kier alpha value is -2.24. The number of imidazole rings is 1. The van der Waals surface area contributed by atoms with E-state index in [-0.39, 0.29) is 17.8 Å². The minimum absolute atomic E-state index is 0.142. The predicted octanol–water partition coefficient (Wildman–Crippen LogP) is 2.22. The van der Waals surface area contributed by atoms with Crippen LogP contribution in [0.25, 0.3) is 11.3 Å². The van der Waals surface area contributed by atoms with Gasteiger partial charge < -0.3 is 9.67 Å². The number of carbonyl (C=O) groups is 1. The van der Waals surface area contributed by atoms with Gasteiger partial charge in [-0.25, -0.2) is 13.8 Å². The Morgan fingerprint density at radius 1 is 1.44 bits per heavy atom. The van der Waals surface area contributed by atoms with Gasteiger partial charge in [0.15, 0.2) is 0 Å². The number of carboxylic acid groups (broad SMARTS) is 1. The number of aliphatic carboxylic acids is 1. The smallest absolute Gasteiger partial charge is 0.323 e. The first-order chi connectivity index (χ1) is 8.47. The molecule has 0 bridgehead atoms. The lowest BCUT2D eigenvalue weighted by molar-refractivity contribution is -0.137. The van der Waals surface area contributed by atoms with Crippen LogP contribution in [-0.2, 0) is 11.3 Å². The van der Waals surface area contributed by atoms with Gasteiger partial charge in [0.2, 0.25) is 0 Å². The molecular formula is C12H10F2N2O2. The molecule has 0 fully saturated rings. The molecule has 2 aromatic rings. The number of rotatable bonds is 3. The van der Waals surface area contributed by atoms with Crippen LogP contribution in [0.5, 0.6) is 0 Å². The number of aryl methyl sites for hydroxylation is 1. The number of hydrogen-bond acceptors (Lipinski definition) is 2. The van der Waals surface area contributed by atoms with Gasteiger partial charge in [0.1, 0.15) is 24.0 Å². The fraction of sp³-hybridized carbons (Fsp3) is 0.167. The number of benzene rings is 1. The summed E-state index contributed by atoms with van der Waals surface area (Å²) in [5, 5.41) is 8.69. The Balaban J connectivity index is 2.42. The van der Waals surface area contributed by atoms with Crippen molar-refractivity contribution in [2.45, 2.75) is 13.5 Å². The maximum Gasteiger partial charge on any atom is 0.323 e. The average Bonchev–Trinajstić information content (AvgIpc) is 2.59. The minimum Gasteiger partial charge on any atom is -0.480 e. The summed E-state index contributed by atoms with van der Waals surface area (Å²) in [7, 11) is 0. The van der Waals surface area contributed by atoms with Crippen molar-refractivity contribution in [1.29, 1.82) is 0 Å². The molecule has 1 N–H and O–H groups in total. The summed E-state index contributed by atoms with van der Waals surface area (Å²) in [6, 6.07) is 3.17. The van der Waals surface area contributed by atoms with E-state index in [2.05, 4.69) is 4.98 Å². The lowest BCUT2D eigenvalue weighted by Crippen LogP contribution is -2.08. The van der Waals surface area contributed by atoms with Crippen LogP contribution in [0.15, 0.2) is 24.4 Å². The van der Waals surface area contributed by atoms with Crippen LogP contribution in [-0.4, -0.2) is 20.6 Å². The number of aromatic nitrogens is 2. The molecule has 0 aliphatic carbocycles. The number of carboxylic acids is 1. The van der Waals surface area contributed by atoms with Crippen LogP contribution >= 0.6 is 0 Å². The maximum absolute atomic E-state index is 13.5. The number of nitrogens with zero attached hydrogens (tertiary/aromatic N) is 2. The third-order valence-corrected chi connectivity index (χ3v) is 2.49. The maximum atomic E-state index is 13.5. The Labute approximate surface area is 102 Å². The van der Waals surface area contributed by atoms with Gasteiger partial charge in [-0.3, -0.25) is 4.79 Å². The number of halogens is 2. The topological polar surface area (TPSA) is 55.1 Å². The van der Waals surface area contributed by atoms with Crippen molar-refractivity contribution in [2.24, 2.45) is 0 Å². The fourth-order valence-electron chi connectivity index (χ4n) is 1.64. The first kappa shape index (κ1) is 12.2. The average molecular weight is 252 g/mol. The zero-order valence-corrected chi connectivity index (χ0v) is 9.52. The van der Waals surface area contributed by atoms with Crippen molar-refractivity contribution in [3.63, 3.8) is 0 Å². The van der Waals surface area contributed by atoms with Crippen LogP contribution in [0, 0.1) is 18.6 Å². The SMILES string of the molecule is Cc1nc(-c2ccc(F)cc2F)cn1CC(=O)O. The molecule has 1 aromatic heterocycles. The molecule has 0 saturated carbocycles. The molecule has 1 aromatic carbocycles. The van der Waals surface area contributed by atoms with E-state index in [0.717, 1.165) is 12.1 Å². The first-order valence-corrected chi connectivity index (χ1v) is 5.18. The Bertz CT molecular complexity index is 608. The molecule has 0 aliphatic heterocycles. The monoisotopic (exact) mass is 252 g/mol. The third-order valence-electron chi connectivity index (χ3n) is 2.49. The van der Waals surface area contributed by atoms with Crippen molar-refractivity contribution >= 4 is 5.97 Å². The molecule has 6 heteroatoms. The van der Waals surface area contributed by atoms with Gasteiger partial charge in [-0.2, -0.15) is 0 Å². The minimum atomic E-state index is -1.01. The summed E-state index contributed by atoms with van der Waals surface area (Å²) in [6.45, 7) is 1.37. The fourth-order valence-corrected chi connectivity index (χ4v) is 1.64. The normalized spacial score (nSPS) is 10.6. The summed E-state index contributed by atoms with van der Waals surface area (Å²) in [6.07, 6.45) is 1.43. The van der Waals surface area contributed by atoms with E-state index in [4.69, 9.17) is 5.11 Å². The molecule has 4 nitrogen and oxygen atoms in total. The highest BCUT2D eigenvalue weighted by Crippen LogP contribution is 2.22. The summed E-state index contributed by atoms with van der Waals surface area (Å²) >= 11 is 0. The molecular weight excluding hydrogens is 242 g/mol. The lowest BCUT2D eigenvalue weighted by atomic mass is 10.1. The standard InChI is InChI=1S/C12H10F2N2O2/c1-7-15-11(5-16(7)6-12(17)18)9-3-2-8(13)4-10(9)14/h2-5H,6H2,1H3,(H,17,18). The zero-order chi connectivity index (χ0) is 13.3. The Kier molecular flexibility index (Phi) is 3.10. The van der Waals surface area contributed by atoms with Crippen LogP contribution in [0.1, 0.15) is 5.82 Å². The molecule has 18 heavy (non-hydrogen) atoms. The van der Waals surface area contributed by atoms with E-state index in [1.807, 2.05) is 0 Å². The van der Waals surface area contributed by atoms with E-state index in [9.17, 15) is 13.6 Å². The van der Waals surface area contributed by atoms with Crippen molar-refractivity contribution in [2.75, 3.05) is 0 Å².